The Morgan fingerprint density at radius 1 is 1.12 bits per heavy atom. The Labute approximate surface area is 58.0 Å². The molecule has 0 aromatic carbocycles. The van der Waals surface area contributed by atoms with Crippen LogP contribution < -0.4 is 0 Å². The molecule has 0 radical (unpaired) electrons. The molecule has 0 nitrogen and oxygen atoms in total. The summed E-state index contributed by atoms with van der Waals surface area (Å²) in [6.45, 7) is 0. The molecular formula is C7H12Al+. The maximum atomic E-state index is 2.21. The summed E-state index contributed by atoms with van der Waals surface area (Å²) in [4.78, 5) is 0. The normalized spacial score (nSPS) is 12.2. The first kappa shape index (κ1) is 8.01. The van der Waals surface area contributed by atoms with E-state index in [9.17, 15) is 0 Å². The van der Waals surface area contributed by atoms with E-state index in [1.165, 1.54) is 0 Å². The van der Waals surface area contributed by atoms with Crippen molar-refractivity contribution in [3.05, 3.63) is 24.3 Å². The topological polar surface area (TPSA) is 0 Å². The summed E-state index contributed by atoms with van der Waals surface area (Å²) >= 11 is 0.750. The van der Waals surface area contributed by atoms with Crippen LogP contribution in [0.2, 0.25) is 11.6 Å². The molecule has 0 saturated heterocycles. The van der Waals surface area contributed by atoms with Gasteiger partial charge in [0.25, 0.3) is 0 Å². The summed E-state index contributed by atoms with van der Waals surface area (Å²) in [6.07, 6.45) is 9.50. The van der Waals surface area contributed by atoms with Crippen LogP contribution in [-0.2, 0) is 0 Å². The van der Waals surface area contributed by atoms with Crippen molar-refractivity contribution in [2.45, 2.75) is 18.0 Å². The molecule has 0 fully saturated rings. The molecule has 0 saturated carbocycles. The van der Waals surface area contributed by atoms with Gasteiger partial charge >= 0.3 is 26.8 Å². The third-order valence-electron chi connectivity index (χ3n) is 0.655. The van der Waals surface area contributed by atoms with Crippen LogP contribution in [0.15, 0.2) is 24.3 Å². The maximum absolute atomic E-state index is 2.21. The monoisotopic (exact) mass is 123 g/mol. The van der Waals surface area contributed by atoms with Gasteiger partial charge in [0.1, 0.15) is 0 Å². The van der Waals surface area contributed by atoms with Gasteiger partial charge in [-0.25, -0.2) is 0 Å². The molecule has 0 unspecified atom stereocenters. The van der Waals surface area contributed by atoms with E-state index in [2.05, 4.69) is 35.9 Å². The van der Waals surface area contributed by atoms with Crippen LogP contribution in [0.25, 0.3) is 0 Å². The molecule has 0 N–H and O–H groups in total. The second-order valence-electron chi connectivity index (χ2n) is 1.67. The van der Waals surface area contributed by atoms with Gasteiger partial charge in [0.05, 0.1) is 0 Å². The molecule has 1 heteroatoms. The van der Waals surface area contributed by atoms with Crippen LogP contribution >= 0.6 is 0 Å². The van der Waals surface area contributed by atoms with Gasteiger partial charge in [-0.2, -0.15) is 0 Å². The first-order valence-electron chi connectivity index (χ1n) is 2.97. The third kappa shape index (κ3) is 6.01. The summed E-state index contributed by atoms with van der Waals surface area (Å²) in [5, 5.41) is 0. The molecule has 1 rings (SSSR count). The van der Waals surface area contributed by atoms with E-state index < -0.39 is 0 Å². The average Bonchev–Trinajstić information content (AvgIpc) is 2.17. The third-order valence-corrected chi connectivity index (χ3v) is 0.655. The number of hydrogen-bond donors (Lipinski definition) is 0. The standard InChI is InChI=1S/C5H6.2CH3.Al/c1-2-4-5-3-1;;;/h1-4H,5H2;2*1H3;/q;;;+1. The Bertz CT molecular complexity index is 72.4. The minimum absolute atomic E-state index is 0.750. The summed E-state index contributed by atoms with van der Waals surface area (Å²) in [5.41, 5.74) is 0. The van der Waals surface area contributed by atoms with Crippen molar-refractivity contribution in [1.82, 2.24) is 0 Å². The molecule has 0 bridgehead atoms. The second-order valence-corrected chi connectivity index (χ2v) is 2.82. The Balaban J connectivity index is 0.000000145. The van der Waals surface area contributed by atoms with E-state index in [4.69, 9.17) is 0 Å². The predicted molar refractivity (Wildman–Crippen MR) is 40.4 cm³/mol. The van der Waals surface area contributed by atoms with Crippen molar-refractivity contribution in [3.8, 4) is 0 Å². The zero-order valence-electron chi connectivity index (χ0n) is 5.59. The average molecular weight is 123 g/mol. The van der Waals surface area contributed by atoms with Gasteiger partial charge in [0.2, 0.25) is 0 Å². The van der Waals surface area contributed by atoms with E-state index in [0.717, 1.165) is 21.6 Å². The summed E-state index contributed by atoms with van der Waals surface area (Å²) < 4.78 is 0. The van der Waals surface area contributed by atoms with Gasteiger partial charge in [-0.1, -0.05) is 24.3 Å². The molecule has 1 aliphatic rings. The molecule has 0 atom stereocenters. The predicted octanol–water partition coefficient (Wildman–Crippen LogP) is 2.29. The molecule has 0 aromatic heterocycles. The Kier molecular flexibility index (Phi) is 7.02. The molecule has 0 heterocycles. The van der Waals surface area contributed by atoms with E-state index in [-0.39, 0.29) is 0 Å². The fraction of sp³-hybridized carbons (Fsp3) is 0.429. The molecule has 42 valence electrons. The van der Waals surface area contributed by atoms with Crippen molar-refractivity contribution in [3.63, 3.8) is 0 Å². The first-order valence-corrected chi connectivity index (χ1v) is 5.28. The molecule has 0 amide bonds. The molecular weight excluding hydrogens is 111 g/mol. The van der Waals surface area contributed by atoms with Gasteiger partial charge in [0.15, 0.2) is 0 Å². The van der Waals surface area contributed by atoms with E-state index in [0.29, 0.717) is 0 Å². The Morgan fingerprint density at radius 2 is 1.50 bits per heavy atom. The van der Waals surface area contributed by atoms with Gasteiger partial charge in [-0.05, 0) is 6.42 Å². The van der Waals surface area contributed by atoms with Crippen LogP contribution in [0.5, 0.6) is 0 Å². The quantitative estimate of drug-likeness (QED) is 0.433. The summed E-state index contributed by atoms with van der Waals surface area (Å²) in [6, 6.07) is 0. The van der Waals surface area contributed by atoms with Crippen molar-refractivity contribution < 1.29 is 0 Å². The number of allylic oxidation sites excluding steroid dienone is 4. The van der Waals surface area contributed by atoms with Gasteiger partial charge < -0.3 is 0 Å². The van der Waals surface area contributed by atoms with E-state index in [1.54, 1.807) is 0 Å². The number of hydrogen-bond acceptors (Lipinski definition) is 0. The zero-order chi connectivity index (χ0) is 6.24. The molecule has 0 spiro atoms. The number of rotatable bonds is 0. The van der Waals surface area contributed by atoms with Crippen LogP contribution in [0.3, 0.4) is 0 Å². The molecule has 8 heavy (non-hydrogen) atoms. The SMILES string of the molecule is C1=CCC=C1.[CH3][Al+][CH3]. The van der Waals surface area contributed by atoms with Crippen LogP contribution in [0.1, 0.15) is 6.42 Å². The Morgan fingerprint density at radius 3 is 1.62 bits per heavy atom. The van der Waals surface area contributed by atoms with E-state index >= 15 is 0 Å². The van der Waals surface area contributed by atoms with Gasteiger partial charge in [-0.3, -0.25) is 0 Å². The minimum atomic E-state index is 0.750. The van der Waals surface area contributed by atoms with Gasteiger partial charge in [0, 0.05) is 0 Å². The first-order chi connectivity index (χ1) is 3.91. The fourth-order valence-electron chi connectivity index (χ4n) is 0.393. The van der Waals surface area contributed by atoms with Crippen molar-refractivity contribution in [2.24, 2.45) is 0 Å². The second kappa shape index (κ2) is 7.01. The van der Waals surface area contributed by atoms with Crippen LogP contribution in [-0.4, -0.2) is 15.2 Å². The molecule has 1 aliphatic carbocycles. The van der Waals surface area contributed by atoms with Crippen LogP contribution in [0.4, 0.5) is 0 Å². The van der Waals surface area contributed by atoms with Crippen molar-refractivity contribution in [2.75, 3.05) is 0 Å². The van der Waals surface area contributed by atoms with Crippen molar-refractivity contribution in [1.29, 1.82) is 0 Å². The van der Waals surface area contributed by atoms with Crippen LogP contribution in [0, 0.1) is 0 Å². The summed E-state index contributed by atoms with van der Waals surface area (Å²) in [5.74, 6) is 4.42. The van der Waals surface area contributed by atoms with Gasteiger partial charge in [-0.15, -0.1) is 0 Å². The fourth-order valence-corrected chi connectivity index (χ4v) is 0.393. The Hall–Kier alpha value is 0.0125. The molecule has 0 aromatic rings. The molecule has 0 aliphatic heterocycles. The van der Waals surface area contributed by atoms with Crippen molar-refractivity contribution >= 4 is 15.2 Å². The zero-order valence-corrected chi connectivity index (χ0v) is 6.75. The summed E-state index contributed by atoms with van der Waals surface area (Å²) in [7, 11) is 0. The van der Waals surface area contributed by atoms with E-state index in [1.807, 2.05) is 0 Å².